The van der Waals surface area contributed by atoms with Gasteiger partial charge in [-0.15, -0.1) is 11.3 Å². The Morgan fingerprint density at radius 2 is 1.92 bits per heavy atom. The van der Waals surface area contributed by atoms with Crippen molar-refractivity contribution in [1.82, 2.24) is 10.3 Å². The Bertz CT molecular complexity index is 1000. The van der Waals surface area contributed by atoms with E-state index in [-0.39, 0.29) is 41.1 Å². The lowest BCUT2D eigenvalue weighted by atomic mass is 9.47. The molecule has 38 heavy (non-hydrogen) atoms. The Labute approximate surface area is 230 Å². The summed E-state index contributed by atoms with van der Waals surface area (Å²) in [7, 11) is 0. The third kappa shape index (κ3) is 6.25. The van der Waals surface area contributed by atoms with Crippen molar-refractivity contribution >= 4 is 28.3 Å². The minimum Gasteiger partial charge on any atom is -0.396 e. The van der Waals surface area contributed by atoms with Crippen LogP contribution >= 0.6 is 11.3 Å². The summed E-state index contributed by atoms with van der Waals surface area (Å²) in [6.45, 7) is 15.1. The first-order valence-corrected chi connectivity index (χ1v) is 14.9. The molecule has 9 nitrogen and oxygen atoms in total. The predicted octanol–water partition coefficient (Wildman–Crippen LogP) is 1.35. The van der Waals surface area contributed by atoms with Crippen LogP contribution in [0.3, 0.4) is 0 Å². The molecule has 1 saturated carbocycles. The van der Waals surface area contributed by atoms with Crippen LogP contribution in [0.1, 0.15) is 76.8 Å². The quantitative estimate of drug-likeness (QED) is 0.332. The van der Waals surface area contributed by atoms with E-state index in [0.29, 0.717) is 37.4 Å². The molecule has 2 aliphatic carbocycles. The number of anilines is 1. The number of thiazole rings is 1. The van der Waals surface area contributed by atoms with Crippen molar-refractivity contribution in [3.05, 3.63) is 10.6 Å². The Kier molecular flexibility index (Phi) is 8.89. The van der Waals surface area contributed by atoms with Gasteiger partial charge in [0.2, 0.25) is 11.8 Å². The zero-order chi connectivity index (χ0) is 27.7. The second-order valence-corrected chi connectivity index (χ2v) is 14.4. The minimum absolute atomic E-state index is 0.00127. The van der Waals surface area contributed by atoms with Crippen molar-refractivity contribution in [3.8, 4) is 0 Å². The van der Waals surface area contributed by atoms with E-state index in [2.05, 4.69) is 17.6 Å². The summed E-state index contributed by atoms with van der Waals surface area (Å²) in [5.41, 5.74) is -0.215. The van der Waals surface area contributed by atoms with Gasteiger partial charge in [0.15, 0.2) is 5.13 Å². The minimum atomic E-state index is -0.668. The number of carbonyl (C=O) groups excluding carboxylic acids is 2. The molecular weight excluding hydrogens is 504 g/mol. The monoisotopic (exact) mass is 551 g/mol. The van der Waals surface area contributed by atoms with Crippen LogP contribution in [0.15, 0.2) is 0 Å². The molecule has 3 unspecified atom stereocenters. The number of rotatable bonds is 8. The van der Waals surface area contributed by atoms with Crippen LogP contribution in [0, 0.1) is 22.2 Å². The van der Waals surface area contributed by atoms with Gasteiger partial charge >= 0.3 is 0 Å². The van der Waals surface area contributed by atoms with Gasteiger partial charge in [0.25, 0.3) is 0 Å². The number of hydrogen-bond acceptors (Lipinski definition) is 7. The number of aliphatic hydroxyl groups excluding tert-OH is 2. The number of morpholine rings is 1. The van der Waals surface area contributed by atoms with Crippen molar-refractivity contribution in [2.75, 3.05) is 51.3 Å². The molecule has 2 heterocycles. The summed E-state index contributed by atoms with van der Waals surface area (Å²) in [5, 5.41) is 28.1. The number of aromatic nitrogens is 1. The van der Waals surface area contributed by atoms with E-state index in [9.17, 15) is 19.8 Å². The largest absolute Gasteiger partial charge is 0.396 e. The highest BCUT2D eigenvalue weighted by Gasteiger charge is 2.59. The summed E-state index contributed by atoms with van der Waals surface area (Å²) < 4.78 is 5.43. The molecule has 0 spiro atoms. The lowest BCUT2D eigenvalue weighted by Crippen LogP contribution is -3.14. The lowest BCUT2D eigenvalue weighted by molar-refractivity contribution is -0.906. The fourth-order valence-corrected chi connectivity index (χ4v) is 7.98. The molecule has 1 aromatic rings. The summed E-state index contributed by atoms with van der Waals surface area (Å²) >= 11 is 1.47. The zero-order valence-electron chi connectivity index (χ0n) is 23.7. The molecule has 5 atom stereocenters. The standard InChI is InChI=1S/C28H46N4O5S/c1-26(2,3)16-23(36)30-25-31-24-18(14-22(35)29-8-9-32-10-12-37-13-11-32)27(4)7-6-21(34)28(5,17-33)20(27)15-19(24)38-25/h18,20-21,33-34H,6-17H2,1-5H3,(H,29,35)(H,30,31,36)/p+1/t18?,20?,21?,27-,28-/m0/s1. The highest BCUT2D eigenvalue weighted by atomic mass is 32.1. The normalized spacial score (nSPS) is 31.8. The number of hydrogen-bond donors (Lipinski definition) is 5. The molecule has 0 radical (unpaired) electrons. The molecule has 10 heteroatoms. The van der Waals surface area contributed by atoms with Crippen molar-refractivity contribution < 1.29 is 29.4 Å². The second kappa shape index (κ2) is 11.5. The fraction of sp³-hybridized carbons (Fsp3) is 0.821. The molecule has 214 valence electrons. The molecule has 4 rings (SSSR count). The highest BCUT2D eigenvalue weighted by Crippen LogP contribution is 2.62. The van der Waals surface area contributed by atoms with E-state index in [1.54, 1.807) is 0 Å². The number of nitrogens with one attached hydrogen (secondary N) is 3. The number of nitrogens with zero attached hydrogens (tertiary/aromatic N) is 1. The molecule has 1 aliphatic heterocycles. The first-order chi connectivity index (χ1) is 17.9. The molecule has 2 fully saturated rings. The van der Waals surface area contributed by atoms with E-state index in [4.69, 9.17) is 9.72 Å². The summed E-state index contributed by atoms with van der Waals surface area (Å²) in [6.07, 6.45) is 2.10. The Morgan fingerprint density at radius 3 is 2.58 bits per heavy atom. The van der Waals surface area contributed by atoms with Gasteiger partial charge in [-0.1, -0.05) is 34.6 Å². The zero-order valence-corrected chi connectivity index (χ0v) is 24.5. The molecule has 0 bridgehead atoms. The average molecular weight is 552 g/mol. The molecule has 1 aromatic heterocycles. The van der Waals surface area contributed by atoms with Gasteiger partial charge in [0.1, 0.15) is 13.1 Å². The van der Waals surface area contributed by atoms with E-state index in [1.165, 1.54) is 16.2 Å². The highest BCUT2D eigenvalue weighted by molar-refractivity contribution is 7.15. The molecule has 2 amide bonds. The molecular formula is C28H47N4O5S+. The van der Waals surface area contributed by atoms with Gasteiger partial charge in [0.05, 0.1) is 44.7 Å². The topological polar surface area (TPSA) is 125 Å². The maximum Gasteiger partial charge on any atom is 0.226 e. The van der Waals surface area contributed by atoms with E-state index in [0.717, 1.165) is 49.8 Å². The third-order valence-corrected chi connectivity index (χ3v) is 10.2. The number of ether oxygens (including phenoxy) is 1. The lowest BCUT2D eigenvalue weighted by Gasteiger charge is -2.58. The summed E-state index contributed by atoms with van der Waals surface area (Å²) in [5.74, 6) is -0.235. The Balaban J connectivity index is 1.56. The first-order valence-electron chi connectivity index (χ1n) is 14.1. The smallest absolute Gasteiger partial charge is 0.226 e. The van der Waals surface area contributed by atoms with Crippen LogP contribution in [-0.2, 0) is 20.7 Å². The molecule has 0 aromatic carbocycles. The SMILES string of the molecule is CC(C)(C)CC(=O)Nc1nc2c(s1)CC1[C@@](C)(CCC(O)[C@@]1(C)CO)C2CC(=O)NCC[NH+]1CCOCC1. The van der Waals surface area contributed by atoms with Gasteiger partial charge < -0.3 is 30.5 Å². The predicted molar refractivity (Wildman–Crippen MR) is 147 cm³/mol. The molecule has 1 saturated heterocycles. The van der Waals surface area contributed by atoms with Gasteiger partial charge in [-0.3, -0.25) is 9.59 Å². The number of aliphatic hydroxyl groups is 2. The van der Waals surface area contributed by atoms with Crippen molar-refractivity contribution in [2.24, 2.45) is 22.2 Å². The van der Waals surface area contributed by atoms with E-state index < -0.39 is 11.5 Å². The average Bonchev–Trinajstić information content (AvgIpc) is 3.24. The maximum absolute atomic E-state index is 13.3. The number of fused-ring (bicyclic) bond motifs is 2. The van der Waals surface area contributed by atoms with Gasteiger partial charge in [0, 0.05) is 29.1 Å². The Morgan fingerprint density at radius 1 is 1.21 bits per heavy atom. The van der Waals surface area contributed by atoms with Crippen LogP contribution in [0.4, 0.5) is 5.13 Å². The maximum atomic E-state index is 13.3. The first kappa shape index (κ1) is 29.4. The van der Waals surface area contributed by atoms with Crippen LogP contribution in [0.5, 0.6) is 0 Å². The van der Waals surface area contributed by atoms with E-state index >= 15 is 0 Å². The number of quaternary nitrogens is 1. The molecule has 3 aliphatic rings. The van der Waals surface area contributed by atoms with Gasteiger partial charge in [-0.2, -0.15) is 0 Å². The second-order valence-electron chi connectivity index (χ2n) is 13.3. The van der Waals surface area contributed by atoms with Crippen molar-refractivity contribution in [1.29, 1.82) is 0 Å². The van der Waals surface area contributed by atoms with Crippen LogP contribution in [0.2, 0.25) is 0 Å². The van der Waals surface area contributed by atoms with Crippen molar-refractivity contribution in [2.45, 2.75) is 78.7 Å². The van der Waals surface area contributed by atoms with Crippen molar-refractivity contribution in [3.63, 3.8) is 0 Å². The molecule has 5 N–H and O–H groups in total. The fourth-order valence-electron chi connectivity index (χ4n) is 6.89. The summed E-state index contributed by atoms with van der Waals surface area (Å²) in [6, 6.07) is 0. The van der Waals surface area contributed by atoms with E-state index in [1.807, 2.05) is 27.7 Å². The third-order valence-electron chi connectivity index (χ3n) is 9.22. The summed E-state index contributed by atoms with van der Waals surface area (Å²) in [4.78, 5) is 33.3. The van der Waals surface area contributed by atoms with Crippen LogP contribution in [0.25, 0.3) is 0 Å². The van der Waals surface area contributed by atoms with Gasteiger partial charge in [-0.25, -0.2) is 4.98 Å². The number of amides is 2. The van der Waals surface area contributed by atoms with Gasteiger partial charge in [-0.05, 0) is 36.0 Å². The van der Waals surface area contributed by atoms with Crippen LogP contribution in [-0.4, -0.2) is 79.1 Å². The Hall–Kier alpha value is -1.59. The number of carbonyl (C=O) groups is 2. The van der Waals surface area contributed by atoms with Crippen LogP contribution < -0.4 is 15.5 Å².